The van der Waals surface area contributed by atoms with Crippen LogP contribution in [0.5, 0.6) is 17.2 Å². The Morgan fingerprint density at radius 3 is 2.39 bits per heavy atom. The molecule has 0 heterocycles. The molecule has 8 heteroatoms. The molecule has 0 fully saturated rings. The fourth-order valence-electron chi connectivity index (χ4n) is 2.67. The quantitative estimate of drug-likeness (QED) is 0.173. The molecule has 168 valence electrons. The lowest BCUT2D eigenvalue weighted by molar-refractivity contribution is 0.0219. The van der Waals surface area contributed by atoms with Crippen molar-refractivity contribution in [1.82, 2.24) is 0 Å². The second kappa shape index (κ2) is 11.4. The van der Waals surface area contributed by atoms with Gasteiger partial charge in [0.2, 0.25) is 0 Å². The van der Waals surface area contributed by atoms with E-state index in [1.165, 1.54) is 13.2 Å². The minimum Gasteiger partial charge on any atom is -0.496 e. The largest absolute Gasteiger partial charge is 0.496 e. The molecule has 2 aromatic rings. The van der Waals surface area contributed by atoms with E-state index in [0.717, 1.165) is 21.6 Å². The van der Waals surface area contributed by atoms with Crippen LogP contribution in [-0.4, -0.2) is 46.8 Å². The van der Waals surface area contributed by atoms with Crippen LogP contribution in [0.25, 0.3) is 12.2 Å². The number of hydrogen-bond acceptors (Lipinski definition) is 5. The first-order valence-corrected chi connectivity index (χ1v) is 14.3. The number of carboxylic acids is 1. The molecule has 0 spiro atoms. The van der Waals surface area contributed by atoms with Crippen molar-refractivity contribution in [2.24, 2.45) is 0 Å². The maximum atomic E-state index is 11.3. The maximum absolute atomic E-state index is 11.3. The summed E-state index contributed by atoms with van der Waals surface area (Å²) in [5, 5.41) is 9.22. The Labute approximate surface area is 192 Å². The first-order valence-electron chi connectivity index (χ1n) is 9.82. The Morgan fingerprint density at radius 1 is 1.06 bits per heavy atom. The fraction of sp³-hybridized carbons (Fsp3) is 0.348. The van der Waals surface area contributed by atoms with Crippen LogP contribution in [0.3, 0.4) is 0 Å². The summed E-state index contributed by atoms with van der Waals surface area (Å²) in [6.45, 7) is 7.78. The van der Waals surface area contributed by atoms with Crippen LogP contribution in [0, 0.1) is 0 Å². The third-order valence-electron chi connectivity index (χ3n) is 4.48. The lowest BCUT2D eigenvalue weighted by Crippen LogP contribution is -2.22. The van der Waals surface area contributed by atoms with E-state index in [1.807, 2.05) is 18.2 Å². The lowest BCUT2D eigenvalue weighted by Gasteiger charge is -2.16. The van der Waals surface area contributed by atoms with Crippen LogP contribution in [0.4, 0.5) is 0 Å². The molecule has 2 rings (SSSR count). The van der Waals surface area contributed by atoms with Crippen LogP contribution in [-0.2, 0) is 4.74 Å². The van der Waals surface area contributed by atoms with E-state index in [4.69, 9.17) is 18.9 Å². The van der Waals surface area contributed by atoms with Crippen molar-refractivity contribution in [2.75, 3.05) is 27.6 Å². The zero-order valence-electron chi connectivity index (χ0n) is 18.5. The number of methoxy groups -OCH3 is 2. The molecule has 0 aliphatic carbocycles. The van der Waals surface area contributed by atoms with Crippen molar-refractivity contribution in [3.63, 3.8) is 0 Å². The highest BCUT2D eigenvalue weighted by atomic mass is 79.9. The number of hydrogen-bond donors (Lipinski definition) is 1. The van der Waals surface area contributed by atoms with Gasteiger partial charge in [-0.1, -0.05) is 37.9 Å². The smallest absolute Gasteiger partial charge is 0.339 e. The van der Waals surface area contributed by atoms with Gasteiger partial charge in [-0.15, -0.1) is 0 Å². The average molecular weight is 509 g/mol. The molecule has 6 nitrogen and oxygen atoms in total. The van der Waals surface area contributed by atoms with Gasteiger partial charge in [0.1, 0.15) is 22.8 Å². The van der Waals surface area contributed by atoms with Crippen LogP contribution in [0.1, 0.15) is 21.5 Å². The molecule has 0 amide bonds. The summed E-state index contributed by atoms with van der Waals surface area (Å²) in [6, 6.07) is 9.69. The van der Waals surface area contributed by atoms with Crippen LogP contribution < -0.4 is 14.2 Å². The van der Waals surface area contributed by atoms with E-state index < -0.39 is 14.0 Å². The molecule has 0 atom stereocenters. The number of benzene rings is 2. The van der Waals surface area contributed by atoms with Gasteiger partial charge in [0.05, 0.1) is 18.7 Å². The van der Waals surface area contributed by atoms with Crippen molar-refractivity contribution in [1.29, 1.82) is 0 Å². The van der Waals surface area contributed by atoms with Crippen molar-refractivity contribution >= 4 is 42.1 Å². The maximum Gasteiger partial charge on any atom is 0.339 e. The molecule has 0 unspecified atom stereocenters. The third kappa shape index (κ3) is 7.72. The number of carbonyl (C=O) groups is 1. The van der Waals surface area contributed by atoms with E-state index in [0.29, 0.717) is 23.9 Å². The fourth-order valence-corrected chi connectivity index (χ4v) is 3.95. The molecule has 1 N–H and O–H groups in total. The molecule has 0 aromatic heterocycles. The molecule has 0 aliphatic rings. The highest BCUT2D eigenvalue weighted by Gasteiger charge is 2.13. The van der Waals surface area contributed by atoms with Crippen molar-refractivity contribution in [3.05, 3.63) is 51.5 Å². The van der Waals surface area contributed by atoms with E-state index in [9.17, 15) is 9.90 Å². The van der Waals surface area contributed by atoms with Crippen molar-refractivity contribution < 1.29 is 28.8 Å². The second-order valence-corrected chi connectivity index (χ2v) is 14.5. The monoisotopic (exact) mass is 508 g/mol. The third-order valence-corrected chi connectivity index (χ3v) is 7.03. The average Bonchev–Trinajstić information content (AvgIpc) is 2.72. The zero-order valence-corrected chi connectivity index (χ0v) is 21.1. The van der Waals surface area contributed by atoms with Gasteiger partial charge < -0.3 is 24.1 Å². The van der Waals surface area contributed by atoms with Gasteiger partial charge >= 0.3 is 5.97 Å². The Hall–Kier alpha value is -2.29. The summed E-state index contributed by atoms with van der Waals surface area (Å²) in [6.07, 6.45) is 3.75. The highest BCUT2D eigenvalue weighted by Crippen LogP contribution is 2.35. The molecule has 0 aliphatic heterocycles. The Morgan fingerprint density at radius 2 is 1.77 bits per heavy atom. The van der Waals surface area contributed by atoms with E-state index in [1.54, 1.807) is 25.3 Å². The first-order chi connectivity index (χ1) is 14.6. The number of aromatic carboxylic acids is 1. The summed E-state index contributed by atoms with van der Waals surface area (Å²) in [5.41, 5.74) is 1.76. The van der Waals surface area contributed by atoms with E-state index in [-0.39, 0.29) is 12.4 Å². The molecular weight excluding hydrogens is 480 g/mol. The Bertz CT molecular complexity index is 936. The van der Waals surface area contributed by atoms with Crippen LogP contribution >= 0.6 is 15.9 Å². The van der Waals surface area contributed by atoms with E-state index >= 15 is 0 Å². The van der Waals surface area contributed by atoms with Gasteiger partial charge in [0.15, 0.2) is 6.79 Å². The molecule has 0 saturated heterocycles. The molecule has 0 bridgehead atoms. The highest BCUT2D eigenvalue weighted by molar-refractivity contribution is 9.10. The van der Waals surface area contributed by atoms with Gasteiger partial charge in [-0.05, 0) is 51.3 Å². The number of ether oxygens (including phenoxy) is 4. The minimum atomic E-state index is -1.13. The SMILES string of the molecule is COc1cc(/C=C/c2cc(OCOCC[Si](C)(C)C)cc(OC)c2Br)ccc1C(=O)O. The molecular formula is C23H29BrO6Si. The second-order valence-electron chi connectivity index (χ2n) is 8.11. The molecule has 0 saturated carbocycles. The summed E-state index contributed by atoms with van der Waals surface area (Å²) in [4.78, 5) is 11.3. The molecule has 2 aromatic carbocycles. The van der Waals surface area contributed by atoms with Gasteiger partial charge in [0, 0.05) is 20.7 Å². The molecule has 0 radical (unpaired) electrons. The van der Waals surface area contributed by atoms with Crippen molar-refractivity contribution in [3.8, 4) is 17.2 Å². The Balaban J connectivity index is 2.16. The topological polar surface area (TPSA) is 74.2 Å². The van der Waals surface area contributed by atoms with Crippen LogP contribution in [0.2, 0.25) is 25.7 Å². The van der Waals surface area contributed by atoms with Gasteiger partial charge in [0.25, 0.3) is 0 Å². The number of halogens is 1. The first kappa shape index (κ1) is 25.0. The van der Waals surface area contributed by atoms with Crippen molar-refractivity contribution in [2.45, 2.75) is 25.7 Å². The predicted molar refractivity (Wildman–Crippen MR) is 129 cm³/mol. The summed E-state index contributed by atoms with van der Waals surface area (Å²) >= 11 is 3.56. The lowest BCUT2D eigenvalue weighted by atomic mass is 10.1. The van der Waals surface area contributed by atoms with Gasteiger partial charge in [-0.2, -0.15) is 0 Å². The minimum absolute atomic E-state index is 0.118. The molecule has 31 heavy (non-hydrogen) atoms. The van der Waals surface area contributed by atoms with Crippen LogP contribution in [0.15, 0.2) is 34.8 Å². The summed E-state index contributed by atoms with van der Waals surface area (Å²) in [5.74, 6) is 0.542. The number of rotatable bonds is 11. The summed E-state index contributed by atoms with van der Waals surface area (Å²) < 4.78 is 22.8. The zero-order chi connectivity index (χ0) is 23.0. The normalized spacial score (nSPS) is 11.5. The van der Waals surface area contributed by atoms with Gasteiger partial charge in [-0.3, -0.25) is 0 Å². The Kier molecular flexibility index (Phi) is 9.15. The van der Waals surface area contributed by atoms with E-state index in [2.05, 4.69) is 35.6 Å². The van der Waals surface area contributed by atoms with Gasteiger partial charge in [-0.25, -0.2) is 4.79 Å². The predicted octanol–water partition coefficient (Wildman–Crippen LogP) is 6.03. The standard InChI is InChI=1S/C23H29BrO6Si/c1-27-20-12-16(7-9-19(20)23(25)26)6-8-17-13-18(14-21(28-2)22(17)24)30-15-29-10-11-31(3,4)5/h6-9,12-14H,10-11,15H2,1-5H3,(H,25,26)/b8-6+. The number of carboxylic acid groups (broad SMARTS) is 1. The summed E-state index contributed by atoms with van der Waals surface area (Å²) in [7, 11) is 1.91.